The fourth-order valence-electron chi connectivity index (χ4n) is 10.9. The van der Waals surface area contributed by atoms with Crippen molar-refractivity contribution in [3.8, 4) is 0 Å². The molecule has 49 heavy (non-hydrogen) atoms. The van der Waals surface area contributed by atoms with Crippen LogP contribution in [0.15, 0.2) is 97.1 Å². The van der Waals surface area contributed by atoms with E-state index < -0.39 is 12.6 Å². The van der Waals surface area contributed by atoms with E-state index in [2.05, 4.69) is 97.1 Å². The van der Waals surface area contributed by atoms with Crippen LogP contribution in [0.25, 0.3) is 103 Å². The normalized spacial score (nSPS) is 18.1. The first-order valence-corrected chi connectivity index (χ1v) is 21.0. The van der Waals surface area contributed by atoms with E-state index in [-0.39, 0.29) is 11.8 Å². The first-order chi connectivity index (χ1) is 24.0. The minimum Gasteiger partial charge on any atom is -0.175 e. The van der Waals surface area contributed by atoms with Crippen molar-refractivity contribution in [1.82, 2.24) is 0 Å². The summed E-state index contributed by atoms with van der Waals surface area (Å²) in [5, 5.41) is 25.5. The molecule has 0 N–H and O–H groups in total. The molecule has 0 aliphatic heterocycles. The Morgan fingerprint density at radius 3 is 1.82 bits per heavy atom. The predicted molar refractivity (Wildman–Crippen MR) is 220 cm³/mol. The molecule has 13 rings (SSSR count). The first-order valence-electron chi connectivity index (χ1n) is 16.9. The second-order valence-corrected chi connectivity index (χ2v) is 19.6. The van der Waals surface area contributed by atoms with Crippen molar-refractivity contribution in [2.75, 3.05) is 0 Å². The molecule has 2 atom stereocenters. The van der Waals surface area contributed by atoms with Crippen LogP contribution in [-0.4, -0.2) is 12.6 Å². The van der Waals surface area contributed by atoms with Crippen molar-refractivity contribution >= 4 is 163 Å². The third-order valence-electron chi connectivity index (χ3n) is 12.4. The van der Waals surface area contributed by atoms with Gasteiger partial charge in [0.2, 0.25) is 4.46 Å². The molecule has 0 saturated carbocycles. The molecule has 0 nitrogen and oxygen atoms in total. The highest BCUT2D eigenvalue weighted by atomic mass is 35.6. The van der Waals surface area contributed by atoms with Gasteiger partial charge < -0.3 is 0 Å². The lowest BCUT2D eigenvalue weighted by atomic mass is 9.61. The van der Waals surface area contributed by atoms with Crippen LogP contribution < -0.4 is 5.19 Å². The maximum atomic E-state index is 7.11. The van der Waals surface area contributed by atoms with Gasteiger partial charge in [0, 0.05) is 17.6 Å². The maximum Gasteiger partial charge on any atom is 0.504 e. The van der Waals surface area contributed by atoms with Crippen LogP contribution in [0.2, 0.25) is 0 Å². The summed E-state index contributed by atoms with van der Waals surface area (Å²) in [4.78, 5) is 0. The Balaban J connectivity index is 1.48. The van der Waals surface area contributed by atoms with Crippen LogP contribution in [0.4, 0.5) is 0 Å². The third kappa shape index (κ3) is 2.86. The van der Waals surface area contributed by atoms with Gasteiger partial charge in [0.1, 0.15) is 5.19 Å². The lowest BCUT2D eigenvalue weighted by Gasteiger charge is -2.42. The van der Waals surface area contributed by atoms with Gasteiger partial charge in [0.15, 0.2) is 0 Å². The van der Waals surface area contributed by atoms with Crippen molar-refractivity contribution in [3.05, 3.63) is 119 Å². The highest BCUT2D eigenvalue weighted by Crippen LogP contribution is 2.65. The van der Waals surface area contributed by atoms with E-state index in [4.69, 9.17) is 46.9 Å². The number of hydrogen-bond acceptors (Lipinski definition) is 1. The van der Waals surface area contributed by atoms with Gasteiger partial charge in [-0.15, -0.1) is 0 Å². The highest BCUT2D eigenvalue weighted by molar-refractivity contribution is 7.79. The number of hydrogen-bond donors (Lipinski definition) is 1. The number of fused-ring (bicyclic) bond motifs is 6. The molecular weight excluding hydrogens is 695 g/mol. The summed E-state index contributed by atoms with van der Waals surface area (Å²) in [6.45, 7) is 0. The fourth-order valence-corrected chi connectivity index (χ4v) is 13.0. The summed E-state index contributed by atoms with van der Waals surface area (Å²) in [6, 6.07) is 30.4. The average Bonchev–Trinajstić information content (AvgIpc) is 3.14. The van der Waals surface area contributed by atoms with Gasteiger partial charge in [-0.25, -0.2) is 0 Å². The Morgan fingerprint density at radius 2 is 1.16 bits per heavy atom. The van der Waals surface area contributed by atoms with E-state index in [0.717, 1.165) is 5.19 Å². The quantitative estimate of drug-likeness (QED) is 0.0462. The molecule has 10 aromatic rings. The average molecular weight is 717 g/mol. The Hall–Kier alpha value is -3.76. The lowest BCUT2D eigenvalue weighted by Crippen LogP contribution is -2.31. The number of alkyl halides is 2. The molecule has 0 aromatic heterocycles. The van der Waals surface area contributed by atoms with E-state index >= 15 is 0 Å². The van der Waals surface area contributed by atoms with E-state index in [1.165, 1.54) is 125 Å². The molecule has 0 fully saturated rings. The molecule has 0 heterocycles. The molecule has 0 spiro atoms. The van der Waals surface area contributed by atoms with Crippen LogP contribution >= 0.6 is 46.9 Å². The van der Waals surface area contributed by atoms with Crippen LogP contribution in [0.3, 0.4) is 0 Å². The molecular formula is C44H22Cl3SSi+. The monoisotopic (exact) mass is 715 g/mol. The number of benzene rings is 10. The van der Waals surface area contributed by atoms with Gasteiger partial charge >= 0.3 is 8.11 Å². The first kappa shape index (κ1) is 27.0. The van der Waals surface area contributed by atoms with E-state index in [1.54, 1.807) is 0 Å². The lowest BCUT2D eigenvalue weighted by molar-refractivity contribution is 0.754. The topological polar surface area (TPSA) is 0 Å². The van der Waals surface area contributed by atoms with Gasteiger partial charge in [0.05, 0.1) is 11.1 Å². The zero-order valence-corrected chi connectivity index (χ0v) is 29.9. The minimum atomic E-state index is -1.74. The summed E-state index contributed by atoms with van der Waals surface area (Å²) in [5.74, 6) is 1.21. The standard InChI is InChI=1S/C44H21Cl3SSi/c45-44(46)49(47)19-15-30-26-11-3-7-22-20-5-1-9-24-28-13-18(17-48)14-29-25-10-2-6-21-23-8-4-12-27-31(16-19)37(30)43-40(34(22)26)38(32(20)24)42(36(28)29)39(33(21)25)41(43)35(23)27/h1-16,20,32,44H,17H2/p+1. The summed E-state index contributed by atoms with van der Waals surface area (Å²) in [7, 11) is -1.74. The van der Waals surface area contributed by atoms with Crippen LogP contribution in [0.1, 0.15) is 34.1 Å². The van der Waals surface area contributed by atoms with Crippen molar-refractivity contribution in [2.45, 2.75) is 22.0 Å². The van der Waals surface area contributed by atoms with Crippen molar-refractivity contribution in [1.29, 1.82) is 0 Å². The van der Waals surface area contributed by atoms with Crippen LogP contribution in [-0.2, 0) is 5.75 Å². The van der Waals surface area contributed by atoms with Crippen LogP contribution in [0.5, 0.6) is 0 Å². The molecule has 0 saturated heterocycles. The van der Waals surface area contributed by atoms with E-state index in [1.807, 2.05) is 0 Å². The second-order valence-electron chi connectivity index (χ2n) is 14.3. The van der Waals surface area contributed by atoms with E-state index in [9.17, 15) is 0 Å². The Labute approximate surface area is 302 Å². The Kier molecular flexibility index (Phi) is 4.82. The van der Waals surface area contributed by atoms with Gasteiger partial charge in [-0.1, -0.05) is 96.0 Å². The minimum absolute atomic E-state index is 0.247. The van der Waals surface area contributed by atoms with Gasteiger partial charge in [-0.05, 0) is 149 Å². The molecule has 5 heteroatoms. The molecule has 0 radical (unpaired) electrons. The van der Waals surface area contributed by atoms with Crippen molar-refractivity contribution in [3.63, 3.8) is 0 Å². The van der Waals surface area contributed by atoms with Crippen molar-refractivity contribution < 1.29 is 0 Å². The van der Waals surface area contributed by atoms with Gasteiger partial charge in [0.25, 0.3) is 0 Å². The van der Waals surface area contributed by atoms with E-state index in [0.29, 0.717) is 5.75 Å². The zero-order chi connectivity index (χ0) is 32.2. The highest BCUT2D eigenvalue weighted by Gasteiger charge is 2.44. The summed E-state index contributed by atoms with van der Waals surface area (Å²) < 4.78 is -0.626. The number of rotatable bonds is 3. The summed E-state index contributed by atoms with van der Waals surface area (Å²) in [5.41, 5.74) is 7.04. The molecule has 3 aliphatic rings. The zero-order valence-electron chi connectivity index (χ0n) is 25.8. The predicted octanol–water partition coefficient (Wildman–Crippen LogP) is 12.7. The molecule has 0 amide bonds. The maximum absolute atomic E-state index is 7.11. The van der Waals surface area contributed by atoms with Gasteiger partial charge in [-0.2, -0.15) is 12.6 Å². The van der Waals surface area contributed by atoms with Crippen LogP contribution in [0, 0.1) is 0 Å². The third-order valence-corrected chi connectivity index (χ3v) is 17.3. The summed E-state index contributed by atoms with van der Waals surface area (Å²) >= 11 is 25.0. The Morgan fingerprint density at radius 1 is 0.612 bits per heavy atom. The number of thiol groups is 1. The Bertz CT molecular complexity index is 3270. The largest absolute Gasteiger partial charge is 0.504 e. The molecule has 2 unspecified atom stereocenters. The molecule has 0 bridgehead atoms. The van der Waals surface area contributed by atoms with Gasteiger partial charge in [-0.3, -0.25) is 0 Å². The number of allylic oxidation sites excluding steroid dienone is 4. The van der Waals surface area contributed by atoms with Crippen molar-refractivity contribution in [2.24, 2.45) is 0 Å². The SMILES string of the molecule is SCc1cc2c3c(c1)c1cccc4c5cccc6c7cc([Si+](Cl)C(Cl)Cl)cc8c9cccc%10c9c9c(c3c(c14)c(c56)c9c87)C1C2=CC=CC%101. The second kappa shape index (κ2) is 8.75. The summed E-state index contributed by atoms with van der Waals surface area (Å²) in [6.07, 6.45) is 7.17. The smallest absolute Gasteiger partial charge is 0.175 e. The fraction of sp³-hybridized carbons (Fsp3) is 0.0909. The molecule has 3 aliphatic carbocycles. The molecule has 228 valence electrons. The molecule has 10 aromatic carbocycles. The number of halogens is 3.